The van der Waals surface area contributed by atoms with E-state index in [9.17, 15) is 4.79 Å². The monoisotopic (exact) mass is 456 g/mol. The molecule has 1 N–H and O–H groups in total. The fraction of sp³-hybridized carbons (Fsp3) is 0.435. The lowest BCUT2D eigenvalue weighted by Crippen LogP contribution is -2.58. The standard InChI is InChI=1S/C23H25ClN4O4/c1-14(2)31-23(29)28-10-16-12-30-13-17(11-28)22(16)32-21-8-18(5-6-26-21)27-20-4-3-15(9-25)7-19(20)24/h3-8,14,16-17,22H,10-13H2,1-2H3,(H,26,27). The molecule has 1 aromatic heterocycles. The molecule has 168 valence electrons. The Hall–Kier alpha value is -3.02. The van der Waals surface area contributed by atoms with Crippen LogP contribution in [0.25, 0.3) is 0 Å². The van der Waals surface area contributed by atoms with Crippen LogP contribution < -0.4 is 10.1 Å². The molecule has 2 unspecified atom stereocenters. The molecule has 1 amide bonds. The van der Waals surface area contributed by atoms with Gasteiger partial charge in [0.2, 0.25) is 5.88 Å². The van der Waals surface area contributed by atoms with Gasteiger partial charge in [0.1, 0.15) is 6.10 Å². The van der Waals surface area contributed by atoms with Crippen molar-refractivity contribution in [2.45, 2.75) is 26.1 Å². The molecule has 2 aliphatic rings. The van der Waals surface area contributed by atoms with E-state index in [1.807, 2.05) is 26.0 Å². The minimum atomic E-state index is -0.293. The average molecular weight is 457 g/mol. The van der Waals surface area contributed by atoms with Crippen molar-refractivity contribution in [3.63, 3.8) is 0 Å². The number of pyridine rings is 1. The number of benzene rings is 1. The summed E-state index contributed by atoms with van der Waals surface area (Å²) in [4.78, 5) is 18.5. The highest BCUT2D eigenvalue weighted by Crippen LogP contribution is 2.33. The van der Waals surface area contributed by atoms with Crippen LogP contribution in [0.5, 0.6) is 5.88 Å². The van der Waals surface area contributed by atoms with E-state index in [4.69, 9.17) is 31.1 Å². The van der Waals surface area contributed by atoms with Crippen molar-refractivity contribution in [3.8, 4) is 11.9 Å². The molecule has 2 aliphatic heterocycles. The zero-order chi connectivity index (χ0) is 22.7. The number of rotatable bonds is 5. The molecule has 8 nitrogen and oxygen atoms in total. The van der Waals surface area contributed by atoms with Crippen molar-refractivity contribution >= 4 is 29.1 Å². The van der Waals surface area contributed by atoms with Gasteiger partial charge in [-0.3, -0.25) is 0 Å². The predicted molar refractivity (Wildman–Crippen MR) is 119 cm³/mol. The number of piperidine rings is 1. The number of likely N-dealkylation sites (tertiary alicyclic amines) is 1. The summed E-state index contributed by atoms with van der Waals surface area (Å²) in [7, 11) is 0. The van der Waals surface area contributed by atoms with Crippen LogP contribution in [0.15, 0.2) is 36.5 Å². The number of nitrogens with one attached hydrogen (secondary N) is 1. The molecule has 2 bridgehead atoms. The first-order valence-corrected chi connectivity index (χ1v) is 10.9. The van der Waals surface area contributed by atoms with Crippen LogP contribution >= 0.6 is 11.6 Å². The third-order valence-corrected chi connectivity index (χ3v) is 5.78. The summed E-state index contributed by atoms with van der Waals surface area (Å²) in [6.07, 6.45) is 1.11. The number of carbonyl (C=O) groups excluding carboxylic acids is 1. The minimum Gasteiger partial charge on any atom is -0.473 e. The van der Waals surface area contributed by atoms with E-state index in [0.29, 0.717) is 48.5 Å². The van der Waals surface area contributed by atoms with Gasteiger partial charge in [-0.25, -0.2) is 9.78 Å². The van der Waals surface area contributed by atoms with Crippen LogP contribution in [0.1, 0.15) is 19.4 Å². The lowest BCUT2D eigenvalue weighted by molar-refractivity contribution is -0.110. The predicted octanol–water partition coefficient (Wildman–Crippen LogP) is 4.22. The van der Waals surface area contributed by atoms with E-state index < -0.39 is 0 Å². The molecular weight excluding hydrogens is 432 g/mol. The molecule has 32 heavy (non-hydrogen) atoms. The molecule has 2 fully saturated rings. The highest BCUT2D eigenvalue weighted by molar-refractivity contribution is 6.33. The van der Waals surface area contributed by atoms with Gasteiger partial charge in [0.15, 0.2) is 0 Å². The molecular formula is C23H25ClN4O4. The molecule has 0 radical (unpaired) electrons. The van der Waals surface area contributed by atoms with Crippen molar-refractivity contribution in [1.29, 1.82) is 5.26 Å². The molecule has 1 aromatic carbocycles. The molecule has 9 heteroatoms. The minimum absolute atomic E-state index is 0.0357. The number of fused-ring (bicyclic) bond motifs is 2. The molecule has 0 aliphatic carbocycles. The van der Waals surface area contributed by atoms with E-state index in [1.54, 1.807) is 29.3 Å². The van der Waals surface area contributed by atoms with Crippen LogP contribution in [-0.4, -0.2) is 54.5 Å². The Morgan fingerprint density at radius 1 is 1.28 bits per heavy atom. The maximum atomic E-state index is 12.4. The van der Waals surface area contributed by atoms with Gasteiger partial charge in [-0.05, 0) is 38.1 Å². The lowest BCUT2D eigenvalue weighted by atomic mass is 9.84. The van der Waals surface area contributed by atoms with Crippen molar-refractivity contribution in [2.24, 2.45) is 11.8 Å². The highest BCUT2D eigenvalue weighted by atomic mass is 35.5. The average Bonchev–Trinajstić information content (AvgIpc) is 2.74. The number of anilines is 2. The smallest absolute Gasteiger partial charge is 0.410 e. The summed E-state index contributed by atoms with van der Waals surface area (Å²) in [5.74, 6) is 0.557. The van der Waals surface area contributed by atoms with Gasteiger partial charge in [0, 0.05) is 42.9 Å². The molecule has 2 atom stereocenters. The Labute approximate surface area is 192 Å². The van der Waals surface area contributed by atoms with E-state index in [1.165, 1.54) is 0 Å². The molecule has 3 heterocycles. The summed E-state index contributed by atoms with van der Waals surface area (Å²) in [5.41, 5.74) is 1.95. The largest absolute Gasteiger partial charge is 0.473 e. The summed E-state index contributed by atoms with van der Waals surface area (Å²) in [6.45, 7) is 5.76. The molecule has 2 aromatic rings. The van der Waals surface area contributed by atoms with Gasteiger partial charge < -0.3 is 24.4 Å². The number of nitriles is 1. The van der Waals surface area contributed by atoms with Gasteiger partial charge in [-0.1, -0.05) is 11.6 Å². The van der Waals surface area contributed by atoms with Crippen LogP contribution in [-0.2, 0) is 9.47 Å². The Balaban J connectivity index is 1.44. The summed E-state index contributed by atoms with van der Waals surface area (Å²) in [5, 5.41) is 12.7. The van der Waals surface area contributed by atoms with Crippen LogP contribution in [0.3, 0.4) is 0 Å². The number of amides is 1. The molecule has 0 spiro atoms. The van der Waals surface area contributed by atoms with Gasteiger partial charge in [0.25, 0.3) is 0 Å². The zero-order valence-corrected chi connectivity index (χ0v) is 18.7. The third kappa shape index (κ3) is 5.06. The Morgan fingerprint density at radius 3 is 2.69 bits per heavy atom. The maximum absolute atomic E-state index is 12.4. The van der Waals surface area contributed by atoms with Gasteiger partial charge in [-0.2, -0.15) is 5.26 Å². The second kappa shape index (κ2) is 9.63. The van der Waals surface area contributed by atoms with Crippen molar-refractivity contribution in [1.82, 2.24) is 9.88 Å². The summed E-state index contributed by atoms with van der Waals surface area (Å²) < 4.78 is 17.4. The SMILES string of the molecule is CC(C)OC(=O)N1CC2COCC(C1)C2Oc1cc(Nc2ccc(C#N)cc2Cl)ccn1. The first kappa shape index (κ1) is 22.2. The first-order valence-electron chi connectivity index (χ1n) is 10.6. The van der Waals surface area contributed by atoms with Crippen molar-refractivity contribution < 1.29 is 19.0 Å². The highest BCUT2D eigenvalue weighted by Gasteiger charge is 2.44. The van der Waals surface area contributed by atoms with Crippen LogP contribution in [0.2, 0.25) is 5.02 Å². The number of halogens is 1. The quantitative estimate of drug-likeness (QED) is 0.719. The van der Waals surface area contributed by atoms with Crippen molar-refractivity contribution in [2.75, 3.05) is 31.6 Å². The Bertz CT molecular complexity index is 1010. The molecule has 4 rings (SSSR count). The van der Waals surface area contributed by atoms with Crippen molar-refractivity contribution in [3.05, 3.63) is 47.1 Å². The number of nitrogens with zero attached hydrogens (tertiary/aromatic N) is 3. The number of carbonyl (C=O) groups is 1. The normalized spacial score (nSPS) is 22.2. The number of aromatic nitrogens is 1. The third-order valence-electron chi connectivity index (χ3n) is 5.47. The van der Waals surface area contributed by atoms with E-state index >= 15 is 0 Å². The first-order chi connectivity index (χ1) is 15.4. The Kier molecular flexibility index (Phi) is 6.68. The molecule has 0 saturated carbocycles. The Morgan fingerprint density at radius 2 is 2.03 bits per heavy atom. The second-order valence-corrected chi connectivity index (χ2v) is 8.70. The van der Waals surface area contributed by atoms with E-state index in [0.717, 1.165) is 5.69 Å². The van der Waals surface area contributed by atoms with E-state index in [-0.39, 0.29) is 30.1 Å². The summed E-state index contributed by atoms with van der Waals surface area (Å²) >= 11 is 6.27. The second-order valence-electron chi connectivity index (χ2n) is 8.29. The van der Waals surface area contributed by atoms with Gasteiger partial charge in [-0.15, -0.1) is 0 Å². The molecule has 2 saturated heterocycles. The summed E-state index contributed by atoms with van der Waals surface area (Å²) in [6, 6.07) is 10.8. The van der Waals surface area contributed by atoms with E-state index in [2.05, 4.69) is 16.4 Å². The fourth-order valence-electron chi connectivity index (χ4n) is 4.05. The fourth-order valence-corrected chi connectivity index (χ4v) is 4.28. The van der Waals surface area contributed by atoms with Crippen LogP contribution in [0.4, 0.5) is 16.2 Å². The number of hydrogen-bond donors (Lipinski definition) is 1. The van der Waals surface area contributed by atoms with Gasteiger partial charge in [0.05, 0.1) is 41.7 Å². The van der Waals surface area contributed by atoms with Gasteiger partial charge >= 0.3 is 6.09 Å². The lowest BCUT2D eigenvalue weighted by Gasteiger charge is -2.45. The number of hydrogen-bond acceptors (Lipinski definition) is 7. The van der Waals surface area contributed by atoms with Crippen LogP contribution in [0, 0.1) is 23.2 Å². The topological polar surface area (TPSA) is 96.7 Å². The number of ether oxygens (including phenoxy) is 3. The maximum Gasteiger partial charge on any atom is 0.410 e. The zero-order valence-electron chi connectivity index (χ0n) is 18.0.